The van der Waals surface area contributed by atoms with E-state index in [1.54, 1.807) is 0 Å². The van der Waals surface area contributed by atoms with Crippen molar-refractivity contribution in [3.63, 3.8) is 0 Å². The van der Waals surface area contributed by atoms with Gasteiger partial charge in [0.15, 0.2) is 5.79 Å². The van der Waals surface area contributed by atoms with E-state index in [0.29, 0.717) is 11.8 Å². The monoisotopic (exact) mass is 238 g/mol. The zero-order valence-electron chi connectivity index (χ0n) is 10.8. The molecule has 0 aromatic carbocycles. The van der Waals surface area contributed by atoms with E-state index in [1.165, 1.54) is 6.42 Å². The lowest BCUT2D eigenvalue weighted by Crippen LogP contribution is -2.46. The van der Waals surface area contributed by atoms with Gasteiger partial charge in [-0.1, -0.05) is 13.8 Å². The molecule has 3 atom stereocenters. The normalized spacial score (nSPS) is 42.6. The Kier molecular flexibility index (Phi) is 2.60. The molecule has 3 aliphatic rings. The number of fused-ring (bicyclic) bond motifs is 1. The SMILES string of the molecule is CC1(C)COC2(CC3CCC(C=O)C3C2)OC1. The van der Waals surface area contributed by atoms with Crippen LogP contribution in [0.15, 0.2) is 0 Å². The fourth-order valence-corrected chi connectivity index (χ4v) is 3.74. The first kappa shape index (κ1) is 11.7. The Hall–Kier alpha value is -0.410. The molecule has 0 bridgehead atoms. The van der Waals surface area contributed by atoms with Crippen LogP contribution in [0.4, 0.5) is 0 Å². The highest BCUT2D eigenvalue weighted by atomic mass is 16.7. The van der Waals surface area contributed by atoms with Gasteiger partial charge in [-0.05, 0) is 24.7 Å². The van der Waals surface area contributed by atoms with E-state index in [1.807, 2.05) is 0 Å². The molecule has 17 heavy (non-hydrogen) atoms. The molecule has 1 spiro atoms. The molecule has 3 heteroatoms. The second-order valence-corrected chi connectivity index (χ2v) is 6.86. The van der Waals surface area contributed by atoms with Gasteiger partial charge in [-0.3, -0.25) is 0 Å². The number of carbonyl (C=O) groups excluding carboxylic acids is 1. The molecule has 3 fully saturated rings. The van der Waals surface area contributed by atoms with E-state index >= 15 is 0 Å². The minimum Gasteiger partial charge on any atom is -0.349 e. The summed E-state index contributed by atoms with van der Waals surface area (Å²) in [7, 11) is 0. The van der Waals surface area contributed by atoms with E-state index in [4.69, 9.17) is 9.47 Å². The molecule has 0 aromatic rings. The standard InChI is InChI=1S/C14H22O3/c1-13(2)8-16-14(17-9-13)5-10-3-4-11(7-15)12(10)6-14/h7,10-12H,3-6,8-9H2,1-2H3. The molecule has 1 saturated heterocycles. The maximum atomic E-state index is 11.0. The summed E-state index contributed by atoms with van der Waals surface area (Å²) < 4.78 is 12.1. The van der Waals surface area contributed by atoms with Crippen molar-refractivity contribution in [2.24, 2.45) is 23.2 Å². The Balaban J connectivity index is 1.70. The van der Waals surface area contributed by atoms with E-state index in [9.17, 15) is 4.79 Å². The van der Waals surface area contributed by atoms with Crippen LogP contribution in [0.2, 0.25) is 0 Å². The van der Waals surface area contributed by atoms with Gasteiger partial charge in [0.25, 0.3) is 0 Å². The summed E-state index contributed by atoms with van der Waals surface area (Å²) in [5.74, 6) is 1.05. The zero-order valence-corrected chi connectivity index (χ0v) is 10.8. The molecule has 0 amide bonds. The summed E-state index contributed by atoms with van der Waals surface area (Å²) in [6.07, 6.45) is 5.32. The number of carbonyl (C=O) groups is 1. The molecule has 2 aliphatic carbocycles. The van der Waals surface area contributed by atoms with Crippen molar-refractivity contribution >= 4 is 6.29 Å². The quantitative estimate of drug-likeness (QED) is 0.658. The maximum absolute atomic E-state index is 11.0. The highest BCUT2D eigenvalue weighted by Gasteiger charge is 2.54. The topological polar surface area (TPSA) is 35.5 Å². The smallest absolute Gasteiger partial charge is 0.168 e. The van der Waals surface area contributed by atoms with Gasteiger partial charge in [0.2, 0.25) is 0 Å². The average molecular weight is 238 g/mol. The molecule has 3 unspecified atom stereocenters. The van der Waals surface area contributed by atoms with Crippen LogP contribution >= 0.6 is 0 Å². The average Bonchev–Trinajstić information content (AvgIpc) is 2.80. The van der Waals surface area contributed by atoms with Crippen molar-refractivity contribution in [2.45, 2.75) is 45.3 Å². The number of ether oxygens (including phenoxy) is 2. The van der Waals surface area contributed by atoms with Gasteiger partial charge in [0.1, 0.15) is 6.29 Å². The van der Waals surface area contributed by atoms with E-state index < -0.39 is 0 Å². The maximum Gasteiger partial charge on any atom is 0.168 e. The summed E-state index contributed by atoms with van der Waals surface area (Å²) in [6.45, 7) is 5.89. The Bertz CT molecular complexity index is 313. The van der Waals surface area contributed by atoms with Gasteiger partial charge in [0.05, 0.1) is 13.2 Å². The minimum absolute atomic E-state index is 0.132. The Morgan fingerprint density at radius 3 is 2.47 bits per heavy atom. The lowest BCUT2D eigenvalue weighted by atomic mass is 9.92. The van der Waals surface area contributed by atoms with Crippen LogP contribution in [-0.2, 0) is 14.3 Å². The fraction of sp³-hybridized carbons (Fsp3) is 0.929. The first-order valence-corrected chi connectivity index (χ1v) is 6.77. The van der Waals surface area contributed by atoms with E-state index in [0.717, 1.165) is 38.8 Å². The fourth-order valence-electron chi connectivity index (χ4n) is 3.74. The predicted octanol–water partition coefficient (Wildman–Crippen LogP) is 2.39. The number of aldehydes is 1. The predicted molar refractivity (Wildman–Crippen MR) is 63.4 cm³/mol. The number of rotatable bonds is 1. The van der Waals surface area contributed by atoms with Crippen molar-refractivity contribution < 1.29 is 14.3 Å². The third-order valence-corrected chi connectivity index (χ3v) is 4.77. The van der Waals surface area contributed by atoms with Gasteiger partial charge in [-0.2, -0.15) is 0 Å². The van der Waals surface area contributed by atoms with Crippen molar-refractivity contribution in [1.82, 2.24) is 0 Å². The van der Waals surface area contributed by atoms with Crippen LogP contribution in [0.25, 0.3) is 0 Å². The molecule has 0 N–H and O–H groups in total. The van der Waals surface area contributed by atoms with Crippen molar-refractivity contribution in [3.8, 4) is 0 Å². The van der Waals surface area contributed by atoms with E-state index in [-0.39, 0.29) is 17.1 Å². The molecule has 0 aromatic heterocycles. The number of hydrogen-bond donors (Lipinski definition) is 0. The molecule has 1 aliphatic heterocycles. The van der Waals surface area contributed by atoms with Crippen LogP contribution in [-0.4, -0.2) is 25.3 Å². The van der Waals surface area contributed by atoms with Gasteiger partial charge in [-0.25, -0.2) is 0 Å². The molecule has 1 heterocycles. The van der Waals surface area contributed by atoms with Gasteiger partial charge in [-0.15, -0.1) is 0 Å². The van der Waals surface area contributed by atoms with Gasteiger partial charge >= 0.3 is 0 Å². The molecular formula is C14H22O3. The number of hydrogen-bond acceptors (Lipinski definition) is 3. The molecule has 96 valence electrons. The van der Waals surface area contributed by atoms with Gasteiger partial charge < -0.3 is 14.3 Å². The summed E-state index contributed by atoms with van der Waals surface area (Å²) in [4.78, 5) is 11.0. The van der Waals surface area contributed by atoms with Crippen molar-refractivity contribution in [2.75, 3.05) is 13.2 Å². The first-order valence-electron chi connectivity index (χ1n) is 6.77. The largest absolute Gasteiger partial charge is 0.349 e. The molecule has 2 saturated carbocycles. The third-order valence-electron chi connectivity index (χ3n) is 4.77. The first-order chi connectivity index (χ1) is 8.04. The molecular weight excluding hydrogens is 216 g/mol. The third kappa shape index (κ3) is 1.93. The van der Waals surface area contributed by atoms with Crippen LogP contribution in [0.1, 0.15) is 39.5 Å². The van der Waals surface area contributed by atoms with Crippen LogP contribution in [0, 0.1) is 23.2 Å². The summed E-state index contributed by atoms with van der Waals surface area (Å²) in [5.41, 5.74) is 0.132. The Morgan fingerprint density at radius 2 is 1.82 bits per heavy atom. The van der Waals surface area contributed by atoms with E-state index in [2.05, 4.69) is 13.8 Å². The highest BCUT2D eigenvalue weighted by molar-refractivity contribution is 5.55. The summed E-state index contributed by atoms with van der Waals surface area (Å²) in [6, 6.07) is 0. The van der Waals surface area contributed by atoms with Crippen molar-refractivity contribution in [3.05, 3.63) is 0 Å². The molecule has 0 radical (unpaired) electrons. The van der Waals surface area contributed by atoms with Crippen LogP contribution < -0.4 is 0 Å². The Labute approximate surface area is 103 Å². The molecule has 3 rings (SSSR count). The second kappa shape index (κ2) is 3.79. The van der Waals surface area contributed by atoms with Gasteiger partial charge in [0, 0.05) is 24.2 Å². The van der Waals surface area contributed by atoms with Crippen molar-refractivity contribution in [1.29, 1.82) is 0 Å². The highest BCUT2D eigenvalue weighted by Crippen LogP contribution is 2.54. The zero-order chi connectivity index (χ0) is 12.1. The molecule has 3 nitrogen and oxygen atoms in total. The summed E-state index contributed by atoms with van der Waals surface area (Å²) >= 11 is 0. The lowest BCUT2D eigenvalue weighted by Gasteiger charge is -2.42. The van der Waals surface area contributed by atoms with Crippen LogP contribution in [0.5, 0.6) is 0 Å². The minimum atomic E-state index is -0.355. The summed E-state index contributed by atoms with van der Waals surface area (Å²) in [5, 5.41) is 0. The second-order valence-electron chi connectivity index (χ2n) is 6.86. The Morgan fingerprint density at radius 1 is 1.12 bits per heavy atom. The lowest BCUT2D eigenvalue weighted by molar-refractivity contribution is -0.297. The van der Waals surface area contributed by atoms with Crippen LogP contribution in [0.3, 0.4) is 0 Å².